The summed E-state index contributed by atoms with van der Waals surface area (Å²) in [4.78, 5) is 0. The molecule has 0 saturated heterocycles. The van der Waals surface area contributed by atoms with Gasteiger partial charge >= 0.3 is 0 Å². The predicted molar refractivity (Wildman–Crippen MR) is 82.0 cm³/mol. The highest BCUT2D eigenvalue weighted by Crippen LogP contribution is 2.39. The fraction of sp³-hybridized carbons (Fsp3) is 0.625. The molecule has 2 nitrogen and oxygen atoms in total. The highest BCUT2D eigenvalue weighted by molar-refractivity contribution is 6.30. The molecule has 1 fully saturated rings. The van der Waals surface area contributed by atoms with Crippen LogP contribution in [0.1, 0.15) is 45.1 Å². The fourth-order valence-corrected chi connectivity index (χ4v) is 3.32. The third kappa shape index (κ3) is 3.94. The molecular weight excluding hydrogens is 275 g/mol. The molecule has 0 amide bonds. The lowest BCUT2D eigenvalue weighted by Crippen LogP contribution is -2.44. The summed E-state index contributed by atoms with van der Waals surface area (Å²) in [6, 6.07) is 4.82. The summed E-state index contributed by atoms with van der Waals surface area (Å²) in [6.45, 7) is 4.62. The molecule has 1 aromatic carbocycles. The molecular formula is C16H24ClFN2. The number of nitrogens with two attached hydrogens (primary N) is 1. The molecule has 1 atom stereocenters. The van der Waals surface area contributed by atoms with Gasteiger partial charge in [-0.05, 0) is 67.2 Å². The molecule has 1 unspecified atom stereocenters. The van der Waals surface area contributed by atoms with Crippen LogP contribution in [0.25, 0.3) is 0 Å². The number of benzene rings is 1. The smallest absolute Gasteiger partial charge is 0.126 e. The first-order chi connectivity index (χ1) is 9.41. The Hall–Kier alpha value is -0.640. The normalized spacial score (nSPS) is 20.9. The van der Waals surface area contributed by atoms with E-state index in [1.165, 1.54) is 18.9 Å². The zero-order valence-corrected chi connectivity index (χ0v) is 13.0. The van der Waals surface area contributed by atoms with Gasteiger partial charge in [-0.3, -0.25) is 11.3 Å². The Morgan fingerprint density at radius 2 is 2.05 bits per heavy atom. The summed E-state index contributed by atoms with van der Waals surface area (Å²) in [5, 5.41) is 0.571. The molecule has 0 aliphatic heterocycles. The zero-order chi connectivity index (χ0) is 14.8. The molecule has 0 bridgehead atoms. The van der Waals surface area contributed by atoms with E-state index in [4.69, 9.17) is 17.4 Å². The van der Waals surface area contributed by atoms with Gasteiger partial charge in [0.05, 0.1) is 0 Å². The van der Waals surface area contributed by atoms with Crippen LogP contribution in [0.3, 0.4) is 0 Å². The monoisotopic (exact) mass is 298 g/mol. The van der Waals surface area contributed by atoms with E-state index in [1.807, 2.05) is 0 Å². The van der Waals surface area contributed by atoms with Crippen molar-refractivity contribution in [3.05, 3.63) is 34.6 Å². The maximum absolute atomic E-state index is 13.8. The molecule has 1 saturated carbocycles. The van der Waals surface area contributed by atoms with Crippen LogP contribution in [-0.4, -0.2) is 6.04 Å². The van der Waals surface area contributed by atoms with Crippen molar-refractivity contribution in [1.82, 2.24) is 5.43 Å². The van der Waals surface area contributed by atoms with Crippen LogP contribution in [0.5, 0.6) is 0 Å². The average Bonchev–Trinajstić information content (AvgIpc) is 2.40. The number of hydrazine groups is 1. The molecule has 0 heterocycles. The highest BCUT2D eigenvalue weighted by atomic mass is 35.5. The van der Waals surface area contributed by atoms with Gasteiger partial charge in [0.15, 0.2) is 0 Å². The second kappa shape index (κ2) is 6.42. The van der Waals surface area contributed by atoms with Crippen LogP contribution in [0.4, 0.5) is 4.39 Å². The first-order valence-corrected chi connectivity index (χ1v) is 7.69. The molecule has 2 rings (SSSR count). The zero-order valence-electron chi connectivity index (χ0n) is 12.3. The van der Waals surface area contributed by atoms with E-state index >= 15 is 0 Å². The molecule has 1 aliphatic carbocycles. The van der Waals surface area contributed by atoms with Crippen LogP contribution in [0, 0.1) is 17.2 Å². The predicted octanol–water partition coefficient (Wildman–Crippen LogP) is 4.07. The minimum Gasteiger partial charge on any atom is -0.271 e. The van der Waals surface area contributed by atoms with Gasteiger partial charge in [0, 0.05) is 11.1 Å². The number of hydrogen-bond acceptors (Lipinski definition) is 2. The third-order valence-corrected chi connectivity index (χ3v) is 4.85. The van der Waals surface area contributed by atoms with Crippen molar-refractivity contribution in [1.29, 1.82) is 0 Å². The Balaban J connectivity index is 2.04. The molecule has 112 valence electrons. The standard InChI is InChI=1S/C16H24ClFN2/c1-16(2)7-5-11(6-8-16)15(20-19)10-12-9-13(17)3-4-14(12)18/h3-4,9,11,15,20H,5-8,10,19H2,1-2H3. The summed E-state index contributed by atoms with van der Waals surface area (Å²) in [5.74, 6) is 6.00. The van der Waals surface area contributed by atoms with Gasteiger partial charge in [-0.25, -0.2) is 4.39 Å². The minimum atomic E-state index is -0.203. The summed E-state index contributed by atoms with van der Waals surface area (Å²) in [6.07, 6.45) is 5.28. The maximum Gasteiger partial charge on any atom is 0.126 e. The maximum atomic E-state index is 13.8. The van der Waals surface area contributed by atoms with Crippen LogP contribution in [-0.2, 0) is 6.42 Å². The lowest BCUT2D eigenvalue weighted by molar-refractivity contribution is 0.160. The second-order valence-corrected chi connectivity index (χ2v) is 7.15. The second-order valence-electron chi connectivity index (χ2n) is 6.71. The number of rotatable bonds is 4. The number of hydrogen-bond donors (Lipinski definition) is 2. The summed E-state index contributed by atoms with van der Waals surface area (Å²) >= 11 is 5.95. The number of nitrogens with one attached hydrogen (secondary N) is 1. The molecule has 1 aliphatic rings. The Morgan fingerprint density at radius 1 is 1.40 bits per heavy atom. The van der Waals surface area contributed by atoms with Crippen molar-refractivity contribution in [2.24, 2.45) is 17.2 Å². The third-order valence-electron chi connectivity index (χ3n) is 4.61. The summed E-state index contributed by atoms with van der Waals surface area (Å²) in [7, 11) is 0. The molecule has 0 radical (unpaired) electrons. The Bertz CT molecular complexity index is 452. The van der Waals surface area contributed by atoms with Crippen LogP contribution in [0.2, 0.25) is 5.02 Å². The SMILES string of the molecule is CC1(C)CCC(C(Cc2cc(Cl)ccc2F)NN)CC1. The van der Waals surface area contributed by atoms with E-state index in [2.05, 4.69) is 19.3 Å². The van der Waals surface area contributed by atoms with Gasteiger partial charge in [0.25, 0.3) is 0 Å². The van der Waals surface area contributed by atoms with E-state index in [0.29, 0.717) is 28.3 Å². The molecule has 1 aromatic rings. The first-order valence-electron chi connectivity index (χ1n) is 7.31. The lowest BCUT2D eigenvalue weighted by atomic mass is 9.70. The molecule has 20 heavy (non-hydrogen) atoms. The van der Waals surface area contributed by atoms with Crippen LogP contribution < -0.4 is 11.3 Å². The number of halogens is 2. The Labute approximate surface area is 125 Å². The van der Waals surface area contributed by atoms with Crippen molar-refractivity contribution in [3.8, 4) is 0 Å². The van der Waals surface area contributed by atoms with E-state index in [0.717, 1.165) is 12.8 Å². The Morgan fingerprint density at radius 3 is 2.65 bits per heavy atom. The largest absolute Gasteiger partial charge is 0.271 e. The van der Waals surface area contributed by atoms with Gasteiger partial charge in [0.2, 0.25) is 0 Å². The van der Waals surface area contributed by atoms with Crippen LogP contribution >= 0.6 is 11.6 Å². The lowest BCUT2D eigenvalue weighted by Gasteiger charge is -2.38. The van der Waals surface area contributed by atoms with Crippen molar-refractivity contribution in [2.75, 3.05) is 0 Å². The van der Waals surface area contributed by atoms with Gasteiger partial charge < -0.3 is 0 Å². The van der Waals surface area contributed by atoms with Crippen molar-refractivity contribution in [2.45, 2.75) is 52.0 Å². The van der Waals surface area contributed by atoms with E-state index in [-0.39, 0.29) is 11.9 Å². The molecule has 0 spiro atoms. The van der Waals surface area contributed by atoms with Crippen molar-refractivity contribution in [3.63, 3.8) is 0 Å². The van der Waals surface area contributed by atoms with E-state index < -0.39 is 0 Å². The minimum absolute atomic E-state index is 0.110. The summed E-state index contributed by atoms with van der Waals surface area (Å²) < 4.78 is 13.8. The topological polar surface area (TPSA) is 38.0 Å². The van der Waals surface area contributed by atoms with Crippen molar-refractivity contribution >= 4 is 11.6 Å². The quantitative estimate of drug-likeness (QED) is 0.649. The summed E-state index contributed by atoms with van der Waals surface area (Å²) in [5.41, 5.74) is 3.96. The van der Waals surface area contributed by atoms with Gasteiger partial charge in [-0.1, -0.05) is 25.4 Å². The molecule has 3 N–H and O–H groups in total. The van der Waals surface area contributed by atoms with Gasteiger partial charge in [0.1, 0.15) is 5.82 Å². The first kappa shape index (κ1) is 15.7. The fourth-order valence-electron chi connectivity index (χ4n) is 3.12. The van der Waals surface area contributed by atoms with Crippen LogP contribution in [0.15, 0.2) is 18.2 Å². The average molecular weight is 299 g/mol. The molecule has 4 heteroatoms. The van der Waals surface area contributed by atoms with E-state index in [9.17, 15) is 4.39 Å². The van der Waals surface area contributed by atoms with Gasteiger partial charge in [-0.15, -0.1) is 0 Å². The molecule has 0 aromatic heterocycles. The van der Waals surface area contributed by atoms with Gasteiger partial charge in [-0.2, -0.15) is 0 Å². The van der Waals surface area contributed by atoms with E-state index in [1.54, 1.807) is 12.1 Å². The highest BCUT2D eigenvalue weighted by Gasteiger charge is 2.31. The van der Waals surface area contributed by atoms with Crippen molar-refractivity contribution < 1.29 is 4.39 Å². The Kier molecular flexibility index (Phi) is 5.05.